The lowest BCUT2D eigenvalue weighted by molar-refractivity contribution is 0.445. The van der Waals surface area contributed by atoms with E-state index in [2.05, 4.69) is 16.8 Å². The Hall–Kier alpha value is -0.900. The van der Waals surface area contributed by atoms with E-state index >= 15 is 0 Å². The van der Waals surface area contributed by atoms with Crippen LogP contribution in [0.25, 0.3) is 0 Å². The maximum absolute atomic E-state index is 7.66. The molecule has 4 heteroatoms. The van der Waals surface area contributed by atoms with Crippen LogP contribution in [-0.4, -0.2) is 22.3 Å². The molecule has 0 atom stereocenters. The highest BCUT2D eigenvalue weighted by Crippen LogP contribution is 2.17. The van der Waals surface area contributed by atoms with E-state index in [-0.39, 0.29) is 0 Å². The lowest BCUT2D eigenvalue weighted by Crippen LogP contribution is -2.23. The molecule has 1 N–H and O–H groups in total. The van der Waals surface area contributed by atoms with E-state index < -0.39 is 0 Å². The van der Waals surface area contributed by atoms with Gasteiger partial charge in [0.25, 0.3) is 0 Å². The fraction of sp³-hybridized carbons (Fsp3) is 0.556. The number of hydrogen-bond donors (Lipinski definition) is 1. The van der Waals surface area contributed by atoms with Crippen LogP contribution in [0.5, 0.6) is 0 Å². The van der Waals surface area contributed by atoms with Gasteiger partial charge in [0.1, 0.15) is 5.01 Å². The van der Waals surface area contributed by atoms with Crippen LogP contribution in [0.15, 0.2) is 6.20 Å². The van der Waals surface area contributed by atoms with Gasteiger partial charge >= 0.3 is 0 Å². The summed E-state index contributed by atoms with van der Waals surface area (Å²) < 4.78 is 0. The molecule has 2 heterocycles. The first-order valence-electron chi connectivity index (χ1n) is 4.49. The average Bonchev–Trinajstić information content (AvgIpc) is 2.64. The minimum Gasteiger partial charge on any atom is -0.354 e. The molecule has 1 aliphatic heterocycles. The van der Waals surface area contributed by atoms with E-state index in [0.717, 1.165) is 36.8 Å². The van der Waals surface area contributed by atoms with Crippen LogP contribution < -0.4 is 0 Å². The number of amidine groups is 1. The van der Waals surface area contributed by atoms with Crippen LogP contribution in [0.4, 0.5) is 0 Å². The Morgan fingerprint density at radius 1 is 1.69 bits per heavy atom. The van der Waals surface area contributed by atoms with Crippen LogP contribution >= 0.6 is 11.3 Å². The van der Waals surface area contributed by atoms with Gasteiger partial charge in [-0.15, -0.1) is 11.3 Å². The molecule has 0 unspecified atom stereocenters. The molecule has 0 bridgehead atoms. The van der Waals surface area contributed by atoms with Crippen molar-refractivity contribution in [1.82, 2.24) is 9.88 Å². The van der Waals surface area contributed by atoms with Crippen LogP contribution in [-0.2, 0) is 6.54 Å². The molecule has 0 spiro atoms. The predicted molar refractivity (Wildman–Crippen MR) is 54.2 cm³/mol. The highest BCUT2D eigenvalue weighted by molar-refractivity contribution is 7.11. The molecule has 0 saturated carbocycles. The number of aromatic nitrogens is 1. The maximum atomic E-state index is 7.66. The molecular weight excluding hydrogens is 182 g/mol. The van der Waals surface area contributed by atoms with E-state index in [4.69, 9.17) is 5.41 Å². The van der Waals surface area contributed by atoms with Crippen LogP contribution in [0.1, 0.15) is 22.7 Å². The third-order valence-corrected chi connectivity index (χ3v) is 3.12. The predicted octanol–water partition coefficient (Wildman–Crippen LogP) is 2.02. The summed E-state index contributed by atoms with van der Waals surface area (Å²) in [5, 5.41) is 8.79. The van der Waals surface area contributed by atoms with E-state index in [1.165, 1.54) is 4.88 Å². The second kappa shape index (κ2) is 3.46. The van der Waals surface area contributed by atoms with Gasteiger partial charge < -0.3 is 4.90 Å². The molecule has 1 saturated heterocycles. The Labute approximate surface area is 81.9 Å². The van der Waals surface area contributed by atoms with Crippen molar-refractivity contribution in [3.8, 4) is 0 Å². The summed E-state index contributed by atoms with van der Waals surface area (Å²) in [5.74, 6) is 0.771. The Morgan fingerprint density at radius 2 is 2.54 bits per heavy atom. The number of nitrogens with one attached hydrogen (secondary N) is 1. The number of likely N-dealkylation sites (tertiary alicyclic amines) is 1. The molecule has 1 aromatic heterocycles. The summed E-state index contributed by atoms with van der Waals surface area (Å²) >= 11 is 1.73. The summed E-state index contributed by atoms with van der Waals surface area (Å²) in [6.45, 7) is 3.92. The molecule has 0 aromatic carbocycles. The first kappa shape index (κ1) is 8.69. The zero-order chi connectivity index (χ0) is 9.26. The van der Waals surface area contributed by atoms with E-state index in [1.54, 1.807) is 11.3 Å². The van der Waals surface area contributed by atoms with Gasteiger partial charge in [-0.25, -0.2) is 4.98 Å². The minimum atomic E-state index is 0.771. The minimum absolute atomic E-state index is 0.771. The van der Waals surface area contributed by atoms with E-state index in [0.29, 0.717) is 0 Å². The molecule has 70 valence electrons. The number of nitrogens with zero attached hydrogens (tertiary/aromatic N) is 2. The summed E-state index contributed by atoms with van der Waals surface area (Å²) in [4.78, 5) is 7.65. The molecule has 1 aromatic rings. The first-order chi connectivity index (χ1) is 6.25. The zero-order valence-electron chi connectivity index (χ0n) is 7.71. The second-order valence-corrected chi connectivity index (χ2v) is 4.66. The molecule has 1 fully saturated rings. The van der Waals surface area contributed by atoms with Gasteiger partial charge in [-0.3, -0.25) is 5.41 Å². The van der Waals surface area contributed by atoms with Gasteiger partial charge in [0.15, 0.2) is 0 Å². The second-order valence-electron chi connectivity index (χ2n) is 3.34. The monoisotopic (exact) mass is 195 g/mol. The Morgan fingerprint density at radius 3 is 3.08 bits per heavy atom. The van der Waals surface area contributed by atoms with E-state index in [9.17, 15) is 0 Å². The SMILES string of the molecule is Cc1cnc(CN2CCCC2=N)s1. The summed E-state index contributed by atoms with van der Waals surface area (Å²) in [7, 11) is 0. The largest absolute Gasteiger partial charge is 0.354 e. The van der Waals surface area contributed by atoms with Crippen molar-refractivity contribution in [2.45, 2.75) is 26.3 Å². The quantitative estimate of drug-likeness (QED) is 0.784. The molecule has 0 aliphatic carbocycles. The molecule has 1 aliphatic rings. The lowest BCUT2D eigenvalue weighted by Gasteiger charge is -2.15. The van der Waals surface area contributed by atoms with Gasteiger partial charge in [0.05, 0.1) is 12.4 Å². The molecule has 2 rings (SSSR count). The third-order valence-electron chi connectivity index (χ3n) is 2.22. The fourth-order valence-electron chi connectivity index (χ4n) is 1.54. The van der Waals surface area contributed by atoms with Gasteiger partial charge in [0, 0.05) is 24.0 Å². The lowest BCUT2D eigenvalue weighted by atomic mass is 10.4. The number of thiazole rings is 1. The standard InChI is InChI=1S/C9H13N3S/c1-7-5-11-9(13-7)6-12-4-2-3-8(12)10/h5,10H,2-4,6H2,1H3. The van der Waals surface area contributed by atoms with Crippen molar-refractivity contribution in [1.29, 1.82) is 5.41 Å². The van der Waals surface area contributed by atoms with Gasteiger partial charge in [-0.05, 0) is 13.3 Å². The Bertz CT molecular complexity index is 318. The molecule has 0 radical (unpaired) electrons. The fourth-order valence-corrected chi connectivity index (χ4v) is 2.35. The zero-order valence-corrected chi connectivity index (χ0v) is 8.52. The molecule has 13 heavy (non-hydrogen) atoms. The Kier molecular flexibility index (Phi) is 2.31. The molecular formula is C9H13N3S. The highest BCUT2D eigenvalue weighted by atomic mass is 32.1. The van der Waals surface area contributed by atoms with E-state index in [1.807, 2.05) is 6.20 Å². The normalized spacial score (nSPS) is 17.0. The van der Waals surface area contributed by atoms with Crippen molar-refractivity contribution < 1.29 is 0 Å². The third kappa shape index (κ3) is 1.88. The highest BCUT2D eigenvalue weighted by Gasteiger charge is 2.17. The topological polar surface area (TPSA) is 40.0 Å². The van der Waals surface area contributed by atoms with Crippen molar-refractivity contribution in [2.75, 3.05) is 6.54 Å². The number of rotatable bonds is 2. The van der Waals surface area contributed by atoms with Crippen molar-refractivity contribution in [2.24, 2.45) is 0 Å². The van der Waals surface area contributed by atoms with Crippen molar-refractivity contribution in [3.05, 3.63) is 16.1 Å². The first-order valence-corrected chi connectivity index (χ1v) is 5.31. The average molecular weight is 195 g/mol. The molecule has 3 nitrogen and oxygen atoms in total. The van der Waals surface area contributed by atoms with Gasteiger partial charge in [0.2, 0.25) is 0 Å². The smallest absolute Gasteiger partial charge is 0.112 e. The Balaban J connectivity index is 2.01. The summed E-state index contributed by atoms with van der Waals surface area (Å²) in [6.07, 6.45) is 3.97. The molecule has 0 amide bonds. The van der Waals surface area contributed by atoms with Crippen molar-refractivity contribution in [3.63, 3.8) is 0 Å². The maximum Gasteiger partial charge on any atom is 0.112 e. The summed E-state index contributed by atoms with van der Waals surface area (Å²) in [5.41, 5.74) is 0. The van der Waals surface area contributed by atoms with Crippen LogP contribution in [0.2, 0.25) is 0 Å². The van der Waals surface area contributed by atoms with Crippen LogP contribution in [0.3, 0.4) is 0 Å². The number of aryl methyl sites for hydroxylation is 1. The summed E-state index contributed by atoms with van der Waals surface area (Å²) in [6, 6.07) is 0. The number of hydrogen-bond acceptors (Lipinski definition) is 3. The van der Waals surface area contributed by atoms with Crippen molar-refractivity contribution >= 4 is 17.2 Å². The van der Waals surface area contributed by atoms with Gasteiger partial charge in [-0.2, -0.15) is 0 Å². The van der Waals surface area contributed by atoms with Crippen LogP contribution in [0, 0.1) is 12.3 Å². The van der Waals surface area contributed by atoms with Gasteiger partial charge in [-0.1, -0.05) is 0 Å².